The average Bonchev–Trinajstić information content (AvgIpc) is 2.72. The first kappa shape index (κ1) is 26.4. The number of rotatable bonds is 20. The molecule has 0 aliphatic heterocycles. The Morgan fingerprint density at radius 3 is 1.59 bits per heavy atom. The molecule has 0 bridgehead atoms. The van der Waals surface area contributed by atoms with Crippen LogP contribution in [0.4, 0.5) is 0 Å². The fourth-order valence-corrected chi connectivity index (χ4v) is 4.94. The molecule has 0 heterocycles. The number of phenols is 1. The van der Waals surface area contributed by atoms with Crippen LogP contribution in [0.3, 0.4) is 0 Å². The van der Waals surface area contributed by atoms with Gasteiger partial charge in [0, 0.05) is 4.90 Å². The molecule has 1 aromatic rings. The van der Waals surface area contributed by atoms with Gasteiger partial charge in [-0.25, -0.2) is 0 Å². The van der Waals surface area contributed by atoms with Gasteiger partial charge < -0.3 is 5.11 Å². The highest BCUT2D eigenvalue weighted by Gasteiger charge is 2.02. The van der Waals surface area contributed by atoms with Crippen LogP contribution in [0.25, 0.3) is 0 Å². The molecule has 0 aliphatic rings. The summed E-state index contributed by atoms with van der Waals surface area (Å²) in [6, 6.07) is 6.10. The maximum atomic E-state index is 9.88. The van der Waals surface area contributed by atoms with Crippen molar-refractivity contribution in [1.29, 1.82) is 0 Å². The Morgan fingerprint density at radius 1 is 0.621 bits per heavy atom. The third-order valence-electron chi connectivity index (χ3n) is 5.84. The van der Waals surface area contributed by atoms with Gasteiger partial charge in [0.05, 0.1) is 0 Å². The van der Waals surface area contributed by atoms with Crippen molar-refractivity contribution in [3.8, 4) is 5.75 Å². The summed E-state index contributed by atoms with van der Waals surface area (Å²) in [6.45, 7) is 4.46. The number of hydrogen-bond donors (Lipinski definition) is 1. The van der Waals surface area contributed by atoms with E-state index in [0.29, 0.717) is 5.75 Å². The van der Waals surface area contributed by atoms with E-state index in [2.05, 4.69) is 26.0 Å². The number of phenolic OH excluding ortho intramolecular Hbond substituents is 1. The van der Waals surface area contributed by atoms with Crippen LogP contribution in [-0.2, 0) is 6.42 Å². The monoisotopic (exact) mass is 420 g/mol. The van der Waals surface area contributed by atoms with E-state index >= 15 is 0 Å². The van der Waals surface area contributed by atoms with E-state index in [9.17, 15) is 5.11 Å². The number of unbranched alkanes of at least 4 members (excludes halogenated alkanes) is 15. The number of aryl methyl sites for hydroxylation is 1. The molecular formula is C27H48OS. The fraction of sp³-hybridized carbons (Fsp3) is 0.778. The summed E-state index contributed by atoms with van der Waals surface area (Å²) in [5.74, 6) is 1.66. The van der Waals surface area contributed by atoms with Gasteiger partial charge in [0.1, 0.15) is 5.75 Å². The summed E-state index contributed by atoms with van der Waals surface area (Å²) in [5.41, 5.74) is 1.10. The zero-order valence-electron chi connectivity index (χ0n) is 19.5. The lowest BCUT2D eigenvalue weighted by molar-refractivity contribution is 0.467. The Kier molecular flexibility index (Phi) is 17.6. The summed E-state index contributed by atoms with van der Waals surface area (Å²) >= 11 is 1.94. The molecule has 0 spiro atoms. The van der Waals surface area contributed by atoms with Crippen LogP contribution >= 0.6 is 11.8 Å². The highest BCUT2D eigenvalue weighted by molar-refractivity contribution is 7.99. The predicted molar refractivity (Wildman–Crippen MR) is 132 cm³/mol. The van der Waals surface area contributed by atoms with Crippen molar-refractivity contribution in [2.24, 2.45) is 0 Å². The summed E-state index contributed by atoms with van der Waals surface area (Å²) in [7, 11) is 0. The molecule has 0 saturated heterocycles. The zero-order chi connectivity index (χ0) is 21.0. The molecule has 0 fully saturated rings. The standard InChI is InChI=1S/C27H48OS/c1-3-5-6-7-8-9-10-11-12-13-14-15-16-17-18-19-23-29-26-21-22-27(28)25(24-26)20-4-2/h21-22,24,28H,3-20,23H2,1-2H3. The minimum absolute atomic E-state index is 0.457. The Labute approximate surface area is 186 Å². The molecule has 0 aliphatic carbocycles. The molecule has 0 aromatic heterocycles. The van der Waals surface area contributed by atoms with Gasteiger partial charge in [-0.05, 0) is 42.4 Å². The highest BCUT2D eigenvalue weighted by atomic mass is 32.2. The molecule has 1 nitrogen and oxygen atoms in total. The Morgan fingerprint density at radius 2 is 1.10 bits per heavy atom. The second-order valence-corrected chi connectivity index (χ2v) is 9.86. The van der Waals surface area contributed by atoms with E-state index in [1.54, 1.807) is 0 Å². The van der Waals surface area contributed by atoms with Crippen LogP contribution in [0.5, 0.6) is 5.75 Å². The second kappa shape index (κ2) is 19.3. The Hall–Kier alpha value is -0.630. The lowest BCUT2D eigenvalue weighted by atomic mass is 10.0. The number of benzene rings is 1. The molecule has 0 amide bonds. The fourth-order valence-electron chi connectivity index (χ4n) is 3.96. The van der Waals surface area contributed by atoms with Crippen molar-refractivity contribution in [1.82, 2.24) is 0 Å². The summed E-state index contributed by atoms with van der Waals surface area (Å²) in [6.07, 6.45) is 24.9. The zero-order valence-corrected chi connectivity index (χ0v) is 20.3. The second-order valence-electron chi connectivity index (χ2n) is 8.69. The SMILES string of the molecule is CCCCCCCCCCCCCCCCCCSc1ccc(O)c(CCC)c1. The lowest BCUT2D eigenvalue weighted by Crippen LogP contribution is -1.87. The van der Waals surface area contributed by atoms with E-state index < -0.39 is 0 Å². The molecule has 0 saturated carbocycles. The Balaban J connectivity index is 1.84. The molecule has 2 heteroatoms. The summed E-state index contributed by atoms with van der Waals surface area (Å²) < 4.78 is 0. The van der Waals surface area contributed by atoms with Gasteiger partial charge in [0.25, 0.3) is 0 Å². The van der Waals surface area contributed by atoms with Crippen molar-refractivity contribution < 1.29 is 5.11 Å². The molecular weight excluding hydrogens is 372 g/mol. The molecule has 1 rings (SSSR count). The maximum Gasteiger partial charge on any atom is 0.118 e. The van der Waals surface area contributed by atoms with Crippen molar-refractivity contribution in [2.45, 2.75) is 134 Å². The molecule has 168 valence electrons. The maximum absolute atomic E-state index is 9.88. The third kappa shape index (κ3) is 14.9. The van der Waals surface area contributed by atoms with Crippen molar-refractivity contribution >= 4 is 11.8 Å². The Bertz CT molecular complexity index is 485. The normalized spacial score (nSPS) is 11.2. The van der Waals surface area contributed by atoms with Crippen molar-refractivity contribution in [3.63, 3.8) is 0 Å². The smallest absolute Gasteiger partial charge is 0.118 e. The predicted octanol–water partition coefficient (Wildman–Crippen LogP) is 9.70. The van der Waals surface area contributed by atoms with Crippen LogP contribution in [0, 0.1) is 0 Å². The van der Waals surface area contributed by atoms with Crippen molar-refractivity contribution in [2.75, 3.05) is 5.75 Å². The van der Waals surface area contributed by atoms with E-state index in [1.807, 2.05) is 17.8 Å². The summed E-state index contributed by atoms with van der Waals surface area (Å²) in [4.78, 5) is 1.31. The summed E-state index contributed by atoms with van der Waals surface area (Å²) in [5, 5.41) is 9.88. The number of aromatic hydroxyl groups is 1. The van der Waals surface area contributed by atoms with Gasteiger partial charge >= 0.3 is 0 Å². The van der Waals surface area contributed by atoms with Crippen LogP contribution in [0.15, 0.2) is 23.1 Å². The van der Waals surface area contributed by atoms with Gasteiger partial charge in [0.2, 0.25) is 0 Å². The quantitative estimate of drug-likeness (QED) is 0.167. The van der Waals surface area contributed by atoms with Crippen molar-refractivity contribution in [3.05, 3.63) is 23.8 Å². The van der Waals surface area contributed by atoms with Crippen LogP contribution in [0.2, 0.25) is 0 Å². The molecule has 1 N–H and O–H groups in total. The molecule has 1 aromatic carbocycles. The minimum Gasteiger partial charge on any atom is -0.508 e. The topological polar surface area (TPSA) is 20.2 Å². The van der Waals surface area contributed by atoms with Gasteiger partial charge in [0.15, 0.2) is 0 Å². The lowest BCUT2D eigenvalue weighted by Gasteiger charge is -2.07. The van der Waals surface area contributed by atoms with E-state index in [4.69, 9.17) is 0 Å². The number of hydrogen-bond acceptors (Lipinski definition) is 2. The minimum atomic E-state index is 0.457. The largest absolute Gasteiger partial charge is 0.508 e. The van der Waals surface area contributed by atoms with E-state index in [0.717, 1.165) is 18.4 Å². The van der Waals surface area contributed by atoms with Crippen LogP contribution in [0.1, 0.15) is 129 Å². The van der Waals surface area contributed by atoms with Gasteiger partial charge in [-0.2, -0.15) is 0 Å². The van der Waals surface area contributed by atoms with Gasteiger partial charge in [-0.15, -0.1) is 11.8 Å². The third-order valence-corrected chi connectivity index (χ3v) is 6.92. The van der Waals surface area contributed by atoms with Gasteiger partial charge in [-0.1, -0.05) is 117 Å². The molecule has 0 atom stereocenters. The molecule has 29 heavy (non-hydrogen) atoms. The van der Waals surface area contributed by atoms with Crippen LogP contribution in [-0.4, -0.2) is 10.9 Å². The first-order chi connectivity index (χ1) is 14.3. The van der Waals surface area contributed by atoms with E-state index in [-0.39, 0.29) is 0 Å². The molecule has 0 unspecified atom stereocenters. The first-order valence-corrected chi connectivity index (χ1v) is 13.7. The van der Waals surface area contributed by atoms with E-state index in [1.165, 1.54) is 113 Å². The highest BCUT2D eigenvalue weighted by Crippen LogP contribution is 2.27. The first-order valence-electron chi connectivity index (χ1n) is 12.7. The average molecular weight is 421 g/mol. The molecule has 0 radical (unpaired) electrons. The van der Waals surface area contributed by atoms with Crippen LogP contribution < -0.4 is 0 Å². The number of thioether (sulfide) groups is 1. The van der Waals surface area contributed by atoms with Gasteiger partial charge in [-0.3, -0.25) is 0 Å².